The molecule has 0 unspecified atom stereocenters. The number of carbonyl (C=O) groups is 2. The first-order valence-electron chi connectivity index (χ1n) is 13.1. The Morgan fingerprint density at radius 1 is 1.26 bits per heavy atom. The molecule has 6 heteroatoms. The van der Waals surface area contributed by atoms with Gasteiger partial charge in [0.1, 0.15) is 11.2 Å². The van der Waals surface area contributed by atoms with Gasteiger partial charge >= 0.3 is 5.97 Å². The lowest BCUT2D eigenvalue weighted by Crippen LogP contribution is -2.60. The lowest BCUT2D eigenvalue weighted by Gasteiger charge is -2.57. The normalized spacial score (nSPS) is 51.4. The number of cyclic esters (lactones) is 1. The molecule has 2 saturated carbocycles. The first-order valence-corrected chi connectivity index (χ1v) is 13.1. The molecule has 0 bridgehead atoms. The standard InChI is InChI=1S/C28H38O6/c1-15-16(14-33-24(15)31)12-22(30)27(4,32)20-8-7-18-17-13-23-28(34-23)10-5-6-21(29)26(28,3)19(17)9-11-25(18,20)2/h5-6,8,15-19,22-23,30,32H,7,9-14H2,1-4H3/t15-,16-,17+,18+,19+,22-,23-,25+,26+,27-,28-/m1/s1. The lowest BCUT2D eigenvalue weighted by molar-refractivity contribution is -0.142. The second kappa shape index (κ2) is 7.04. The third kappa shape index (κ3) is 2.68. The van der Waals surface area contributed by atoms with Gasteiger partial charge < -0.3 is 19.7 Å². The van der Waals surface area contributed by atoms with E-state index < -0.39 is 17.1 Å². The molecule has 0 radical (unpaired) electrons. The Morgan fingerprint density at radius 2 is 2.03 bits per heavy atom. The van der Waals surface area contributed by atoms with Gasteiger partial charge in [0.05, 0.1) is 30.1 Å². The largest absolute Gasteiger partial charge is 0.465 e. The smallest absolute Gasteiger partial charge is 0.309 e. The summed E-state index contributed by atoms with van der Waals surface area (Å²) >= 11 is 0. The van der Waals surface area contributed by atoms with Gasteiger partial charge in [0.2, 0.25) is 0 Å². The Balaban J connectivity index is 1.25. The zero-order valence-electron chi connectivity index (χ0n) is 20.8. The molecule has 2 aliphatic heterocycles. The molecule has 1 spiro atoms. The highest BCUT2D eigenvalue weighted by Gasteiger charge is 2.77. The van der Waals surface area contributed by atoms with E-state index in [1.807, 2.05) is 13.0 Å². The van der Waals surface area contributed by atoms with Crippen molar-refractivity contribution in [2.45, 2.75) is 89.6 Å². The minimum absolute atomic E-state index is 0.0841. The molecule has 34 heavy (non-hydrogen) atoms. The number of epoxide rings is 1. The number of ether oxygens (including phenoxy) is 2. The molecule has 6 nitrogen and oxygen atoms in total. The van der Waals surface area contributed by atoms with Gasteiger partial charge in [0, 0.05) is 5.92 Å². The fourth-order valence-corrected chi connectivity index (χ4v) is 9.08. The van der Waals surface area contributed by atoms with Crippen LogP contribution in [-0.4, -0.2) is 52.0 Å². The van der Waals surface area contributed by atoms with Crippen LogP contribution in [0.1, 0.15) is 66.2 Å². The van der Waals surface area contributed by atoms with Crippen LogP contribution >= 0.6 is 0 Å². The van der Waals surface area contributed by atoms with Crippen LogP contribution in [-0.2, 0) is 19.1 Å². The quantitative estimate of drug-likeness (QED) is 0.372. The molecule has 0 aromatic heterocycles. The molecule has 0 amide bonds. The molecule has 186 valence electrons. The summed E-state index contributed by atoms with van der Waals surface area (Å²) in [5.74, 6) is 0.626. The van der Waals surface area contributed by atoms with Gasteiger partial charge in [-0.15, -0.1) is 0 Å². The van der Waals surface area contributed by atoms with Gasteiger partial charge in [0.15, 0.2) is 5.78 Å². The van der Waals surface area contributed by atoms with Gasteiger partial charge in [0.25, 0.3) is 0 Å². The van der Waals surface area contributed by atoms with Gasteiger partial charge in [-0.25, -0.2) is 0 Å². The maximum Gasteiger partial charge on any atom is 0.309 e. The average molecular weight is 471 g/mol. The zero-order valence-corrected chi connectivity index (χ0v) is 20.8. The summed E-state index contributed by atoms with van der Waals surface area (Å²) in [7, 11) is 0. The third-order valence-electron chi connectivity index (χ3n) is 11.4. The Bertz CT molecular complexity index is 997. The fourth-order valence-electron chi connectivity index (χ4n) is 9.08. The van der Waals surface area contributed by atoms with E-state index in [1.54, 1.807) is 13.0 Å². The van der Waals surface area contributed by atoms with Crippen molar-refractivity contribution in [2.24, 2.45) is 40.4 Å². The van der Waals surface area contributed by atoms with E-state index in [-0.39, 0.29) is 46.6 Å². The van der Waals surface area contributed by atoms with E-state index in [4.69, 9.17) is 9.47 Å². The van der Waals surface area contributed by atoms with Crippen molar-refractivity contribution in [3.8, 4) is 0 Å². The van der Waals surface area contributed by atoms with Gasteiger partial charge in [-0.1, -0.05) is 26.0 Å². The van der Waals surface area contributed by atoms with Crippen molar-refractivity contribution in [3.05, 3.63) is 23.8 Å². The number of hydrogen-bond acceptors (Lipinski definition) is 6. The summed E-state index contributed by atoms with van der Waals surface area (Å²) in [5.41, 5.74) is -1.43. The molecule has 2 saturated heterocycles. The van der Waals surface area contributed by atoms with Crippen LogP contribution in [0, 0.1) is 40.4 Å². The van der Waals surface area contributed by atoms with Crippen molar-refractivity contribution < 1.29 is 29.3 Å². The Hall–Kier alpha value is -1.50. The predicted octanol–water partition coefficient (Wildman–Crippen LogP) is 3.35. The number of fused-ring (bicyclic) bond motifs is 4. The van der Waals surface area contributed by atoms with Gasteiger partial charge in [-0.3, -0.25) is 9.59 Å². The highest BCUT2D eigenvalue weighted by molar-refractivity contribution is 5.97. The molecular formula is C28H38O6. The molecule has 4 fully saturated rings. The summed E-state index contributed by atoms with van der Waals surface area (Å²) in [5, 5.41) is 22.9. The van der Waals surface area contributed by atoms with E-state index >= 15 is 0 Å². The maximum atomic E-state index is 13.2. The number of aliphatic hydroxyl groups is 2. The zero-order chi connectivity index (χ0) is 24.3. The topological polar surface area (TPSA) is 96.4 Å². The van der Waals surface area contributed by atoms with Crippen molar-refractivity contribution >= 4 is 11.8 Å². The van der Waals surface area contributed by atoms with E-state index in [2.05, 4.69) is 19.9 Å². The van der Waals surface area contributed by atoms with Crippen LogP contribution in [0.3, 0.4) is 0 Å². The predicted molar refractivity (Wildman–Crippen MR) is 124 cm³/mol. The van der Waals surface area contributed by atoms with Gasteiger partial charge in [-0.2, -0.15) is 0 Å². The SMILES string of the molecule is C[C@H]1C(=O)OC[C@H]1C[C@@H](O)[C@](C)(O)C1=CC[C@H]2[C@@H]3C[C@H]4O[C@]45CC=CC(=O)[C@]5(C)[C@H]3CC[C@]12C. The van der Waals surface area contributed by atoms with Crippen LogP contribution in [0.2, 0.25) is 0 Å². The van der Waals surface area contributed by atoms with E-state index in [0.29, 0.717) is 24.9 Å². The van der Waals surface area contributed by atoms with Crippen molar-refractivity contribution in [3.63, 3.8) is 0 Å². The fraction of sp³-hybridized carbons (Fsp3) is 0.786. The number of aliphatic hydroxyl groups excluding tert-OH is 1. The number of rotatable bonds is 4. The lowest BCUT2D eigenvalue weighted by atomic mass is 9.44. The number of carbonyl (C=O) groups excluding carboxylic acids is 2. The molecule has 0 aromatic carbocycles. The molecule has 2 N–H and O–H groups in total. The van der Waals surface area contributed by atoms with Crippen molar-refractivity contribution in [1.29, 1.82) is 0 Å². The van der Waals surface area contributed by atoms with Crippen LogP contribution in [0.5, 0.6) is 0 Å². The summed E-state index contributed by atoms with van der Waals surface area (Å²) in [6.07, 6.45) is 9.93. The Morgan fingerprint density at radius 3 is 2.74 bits per heavy atom. The molecule has 2 heterocycles. The van der Waals surface area contributed by atoms with E-state index in [9.17, 15) is 19.8 Å². The number of hydrogen-bond donors (Lipinski definition) is 2. The van der Waals surface area contributed by atoms with Crippen LogP contribution in [0.25, 0.3) is 0 Å². The average Bonchev–Trinajstić information content (AvgIpc) is 3.24. The second-order valence-corrected chi connectivity index (χ2v) is 12.7. The maximum absolute atomic E-state index is 13.2. The minimum Gasteiger partial charge on any atom is -0.465 e. The molecule has 4 aliphatic carbocycles. The van der Waals surface area contributed by atoms with E-state index in [0.717, 1.165) is 37.7 Å². The molecule has 0 aromatic rings. The molecule has 11 atom stereocenters. The first-order chi connectivity index (χ1) is 16.0. The second-order valence-electron chi connectivity index (χ2n) is 12.7. The summed E-state index contributed by atoms with van der Waals surface area (Å²) in [4.78, 5) is 25.1. The highest BCUT2D eigenvalue weighted by Crippen LogP contribution is 2.72. The summed E-state index contributed by atoms with van der Waals surface area (Å²) in [6, 6.07) is 0. The van der Waals surface area contributed by atoms with Crippen LogP contribution < -0.4 is 0 Å². The first kappa shape index (κ1) is 22.9. The number of ketones is 1. The number of esters is 1. The Labute approximate surface area is 201 Å². The minimum atomic E-state index is -1.37. The van der Waals surface area contributed by atoms with Crippen LogP contribution in [0.4, 0.5) is 0 Å². The highest BCUT2D eigenvalue weighted by atomic mass is 16.6. The van der Waals surface area contributed by atoms with Crippen molar-refractivity contribution in [2.75, 3.05) is 6.61 Å². The van der Waals surface area contributed by atoms with Crippen molar-refractivity contribution in [1.82, 2.24) is 0 Å². The van der Waals surface area contributed by atoms with E-state index in [1.165, 1.54) is 0 Å². The number of allylic oxidation sites excluding steroid dienone is 2. The summed E-state index contributed by atoms with van der Waals surface area (Å²) < 4.78 is 11.5. The third-order valence-corrected chi connectivity index (χ3v) is 11.4. The molecule has 6 aliphatic rings. The monoisotopic (exact) mass is 470 g/mol. The van der Waals surface area contributed by atoms with Gasteiger partial charge in [-0.05, 0) is 87.2 Å². The Kier molecular flexibility index (Phi) is 4.75. The summed E-state index contributed by atoms with van der Waals surface area (Å²) in [6.45, 7) is 8.27. The van der Waals surface area contributed by atoms with Crippen LogP contribution in [0.15, 0.2) is 23.8 Å². The molecule has 6 rings (SSSR count). The molecular weight excluding hydrogens is 432 g/mol.